The predicted octanol–water partition coefficient (Wildman–Crippen LogP) is 4.14. The Labute approximate surface area is 216 Å². The van der Waals surface area contributed by atoms with Crippen LogP contribution in [-0.2, 0) is 11.3 Å². The predicted molar refractivity (Wildman–Crippen MR) is 144 cm³/mol. The van der Waals surface area contributed by atoms with Crippen molar-refractivity contribution in [1.82, 2.24) is 20.5 Å². The van der Waals surface area contributed by atoms with Gasteiger partial charge >= 0.3 is 6.09 Å². The number of aromatic nitrogens is 1. The fourth-order valence-corrected chi connectivity index (χ4v) is 4.13. The molecule has 0 aliphatic carbocycles. The average Bonchev–Trinajstić information content (AvgIpc) is 3.02. The Hall–Kier alpha value is -1.78. The first-order valence-electron chi connectivity index (χ1n) is 12.1. The SMILES string of the molecule is CCNC(=NCc1ccc(N2CCCCCC2)nc1)N1CCC(NC(=O)OC(C)(C)C)C1.I. The number of nitrogens with zero attached hydrogens (tertiary/aromatic N) is 4. The summed E-state index contributed by atoms with van der Waals surface area (Å²) in [6.07, 6.45) is 7.60. The normalized spacial score (nSPS) is 19.5. The first kappa shape index (κ1) is 27.5. The zero-order valence-corrected chi connectivity index (χ0v) is 22.9. The number of carbonyl (C=O) groups excluding carboxylic acids is 1. The summed E-state index contributed by atoms with van der Waals surface area (Å²) in [5.41, 5.74) is 0.608. The van der Waals surface area contributed by atoms with Gasteiger partial charge < -0.3 is 25.2 Å². The van der Waals surface area contributed by atoms with Gasteiger partial charge in [0.25, 0.3) is 0 Å². The molecule has 0 spiro atoms. The number of pyridine rings is 1. The van der Waals surface area contributed by atoms with Crippen LogP contribution in [0.2, 0.25) is 0 Å². The van der Waals surface area contributed by atoms with Crippen LogP contribution < -0.4 is 15.5 Å². The van der Waals surface area contributed by atoms with Crippen molar-refractivity contribution in [3.05, 3.63) is 23.9 Å². The molecule has 1 aromatic heterocycles. The van der Waals surface area contributed by atoms with Gasteiger partial charge in [-0.25, -0.2) is 14.8 Å². The van der Waals surface area contributed by atoms with Gasteiger partial charge in [0.1, 0.15) is 11.4 Å². The van der Waals surface area contributed by atoms with Gasteiger partial charge in [0.15, 0.2) is 5.96 Å². The number of hydrogen-bond donors (Lipinski definition) is 2. The van der Waals surface area contributed by atoms with Crippen LogP contribution >= 0.6 is 24.0 Å². The van der Waals surface area contributed by atoms with E-state index in [1.807, 2.05) is 27.0 Å². The fraction of sp³-hybridized carbons (Fsp3) is 0.708. The van der Waals surface area contributed by atoms with E-state index in [2.05, 4.69) is 39.5 Å². The van der Waals surface area contributed by atoms with E-state index in [0.29, 0.717) is 6.54 Å². The van der Waals surface area contributed by atoms with Crippen molar-refractivity contribution in [2.45, 2.75) is 78.0 Å². The van der Waals surface area contributed by atoms with Gasteiger partial charge in [0.2, 0.25) is 0 Å². The van der Waals surface area contributed by atoms with Gasteiger partial charge in [-0.3, -0.25) is 0 Å². The van der Waals surface area contributed by atoms with Crippen molar-refractivity contribution in [1.29, 1.82) is 0 Å². The number of halogens is 1. The number of anilines is 1. The molecule has 8 nitrogen and oxygen atoms in total. The van der Waals surface area contributed by atoms with Crippen LogP contribution in [0, 0.1) is 0 Å². The summed E-state index contributed by atoms with van der Waals surface area (Å²) < 4.78 is 5.38. The van der Waals surface area contributed by atoms with E-state index in [-0.39, 0.29) is 36.1 Å². The second-order valence-electron chi connectivity index (χ2n) is 9.67. The summed E-state index contributed by atoms with van der Waals surface area (Å²) in [6, 6.07) is 4.32. The lowest BCUT2D eigenvalue weighted by molar-refractivity contribution is 0.0507. The summed E-state index contributed by atoms with van der Waals surface area (Å²) in [7, 11) is 0. The smallest absolute Gasteiger partial charge is 0.407 e. The molecule has 2 aliphatic heterocycles. The molecular weight excluding hydrogens is 531 g/mol. The Morgan fingerprint density at radius 1 is 1.18 bits per heavy atom. The van der Waals surface area contributed by atoms with Gasteiger partial charge in [-0.05, 0) is 58.6 Å². The number of likely N-dealkylation sites (tertiary alicyclic amines) is 1. The number of aliphatic imine (C=N–C) groups is 1. The molecule has 1 atom stereocenters. The Morgan fingerprint density at radius 2 is 1.91 bits per heavy atom. The summed E-state index contributed by atoms with van der Waals surface area (Å²) in [5.74, 6) is 1.94. The van der Waals surface area contributed by atoms with Gasteiger partial charge in [-0.15, -0.1) is 24.0 Å². The Morgan fingerprint density at radius 3 is 2.52 bits per heavy atom. The highest BCUT2D eigenvalue weighted by Gasteiger charge is 2.27. The molecule has 2 saturated heterocycles. The van der Waals surface area contributed by atoms with E-state index in [1.54, 1.807) is 0 Å². The monoisotopic (exact) mass is 572 g/mol. The standard InChI is InChI=1S/C24H40N6O2.HI/c1-5-25-22(30-15-12-20(18-30)28-23(31)32-24(2,3)4)27-17-19-10-11-21(26-16-19)29-13-8-6-7-9-14-29;/h10-11,16,20H,5-9,12-15,17-18H2,1-4H3,(H,25,27)(H,28,31);1H. The van der Waals surface area contributed by atoms with Crippen molar-refractivity contribution in [3.63, 3.8) is 0 Å². The number of guanidine groups is 1. The van der Waals surface area contributed by atoms with Crippen molar-refractivity contribution >= 4 is 41.8 Å². The first-order chi connectivity index (χ1) is 15.3. The first-order valence-corrected chi connectivity index (χ1v) is 12.1. The van der Waals surface area contributed by atoms with E-state index in [4.69, 9.17) is 14.7 Å². The van der Waals surface area contributed by atoms with E-state index in [1.165, 1.54) is 25.7 Å². The van der Waals surface area contributed by atoms with Gasteiger partial charge in [0, 0.05) is 38.9 Å². The lowest BCUT2D eigenvalue weighted by Crippen LogP contribution is -2.44. The molecule has 3 heterocycles. The Kier molecular flexibility index (Phi) is 11.0. The van der Waals surface area contributed by atoms with Crippen LogP contribution in [0.3, 0.4) is 0 Å². The highest BCUT2D eigenvalue weighted by molar-refractivity contribution is 14.0. The van der Waals surface area contributed by atoms with Crippen molar-refractivity contribution < 1.29 is 9.53 Å². The molecule has 9 heteroatoms. The number of hydrogen-bond acceptors (Lipinski definition) is 5. The topological polar surface area (TPSA) is 82.1 Å². The van der Waals surface area contributed by atoms with E-state index in [0.717, 1.165) is 56.5 Å². The maximum absolute atomic E-state index is 12.1. The summed E-state index contributed by atoms with van der Waals surface area (Å²) in [4.78, 5) is 26.2. The van der Waals surface area contributed by atoms with Crippen LogP contribution in [0.25, 0.3) is 0 Å². The minimum absolute atomic E-state index is 0. The number of carbonyl (C=O) groups is 1. The molecule has 1 amide bonds. The highest BCUT2D eigenvalue weighted by atomic mass is 127. The third-order valence-electron chi connectivity index (χ3n) is 5.69. The molecule has 2 N–H and O–H groups in total. The van der Waals surface area contributed by atoms with Crippen molar-refractivity contribution in [3.8, 4) is 0 Å². The molecule has 186 valence electrons. The van der Waals surface area contributed by atoms with Gasteiger partial charge in [-0.1, -0.05) is 18.9 Å². The molecule has 0 radical (unpaired) electrons. The minimum atomic E-state index is -0.491. The second-order valence-corrected chi connectivity index (χ2v) is 9.67. The minimum Gasteiger partial charge on any atom is -0.444 e. The molecule has 2 aliphatic rings. The maximum atomic E-state index is 12.1. The number of alkyl carbamates (subject to hydrolysis) is 1. The van der Waals surface area contributed by atoms with E-state index < -0.39 is 5.60 Å². The summed E-state index contributed by atoms with van der Waals surface area (Å²) >= 11 is 0. The summed E-state index contributed by atoms with van der Waals surface area (Å²) in [5, 5.41) is 6.36. The molecule has 2 fully saturated rings. The molecular formula is C24H41IN6O2. The molecule has 0 aromatic carbocycles. The van der Waals surface area contributed by atoms with Crippen LogP contribution in [0.4, 0.5) is 10.6 Å². The third-order valence-corrected chi connectivity index (χ3v) is 5.69. The molecule has 33 heavy (non-hydrogen) atoms. The Balaban J connectivity index is 0.00000385. The largest absolute Gasteiger partial charge is 0.444 e. The van der Waals surface area contributed by atoms with E-state index >= 15 is 0 Å². The quantitative estimate of drug-likeness (QED) is 0.314. The molecule has 0 bridgehead atoms. The van der Waals surface area contributed by atoms with Gasteiger partial charge in [0.05, 0.1) is 12.6 Å². The van der Waals surface area contributed by atoms with E-state index in [9.17, 15) is 4.79 Å². The molecule has 0 saturated carbocycles. The Bertz CT molecular complexity index is 757. The average molecular weight is 573 g/mol. The fourth-order valence-electron chi connectivity index (χ4n) is 4.13. The third kappa shape index (κ3) is 9.17. The zero-order valence-electron chi connectivity index (χ0n) is 20.6. The molecule has 3 rings (SSSR count). The lowest BCUT2D eigenvalue weighted by atomic mass is 10.2. The van der Waals surface area contributed by atoms with Crippen LogP contribution in [0.5, 0.6) is 0 Å². The second kappa shape index (κ2) is 13.2. The van der Waals surface area contributed by atoms with Crippen LogP contribution in [0.15, 0.2) is 23.3 Å². The maximum Gasteiger partial charge on any atom is 0.407 e. The van der Waals surface area contributed by atoms with Crippen molar-refractivity contribution in [2.75, 3.05) is 37.6 Å². The number of rotatable bonds is 5. The summed E-state index contributed by atoms with van der Waals surface area (Å²) in [6.45, 7) is 12.8. The zero-order chi connectivity index (χ0) is 23.0. The number of ether oxygens (including phenoxy) is 1. The van der Waals surface area contributed by atoms with Crippen LogP contribution in [0.1, 0.15) is 65.4 Å². The molecule has 1 aromatic rings. The molecule has 1 unspecified atom stereocenters. The number of nitrogens with one attached hydrogen (secondary N) is 2. The van der Waals surface area contributed by atoms with Crippen LogP contribution in [-0.4, -0.2) is 66.3 Å². The van der Waals surface area contributed by atoms with Gasteiger partial charge in [-0.2, -0.15) is 0 Å². The highest BCUT2D eigenvalue weighted by Crippen LogP contribution is 2.18. The number of amides is 1. The van der Waals surface area contributed by atoms with Crippen molar-refractivity contribution in [2.24, 2.45) is 4.99 Å². The lowest BCUT2D eigenvalue weighted by Gasteiger charge is -2.23.